The van der Waals surface area contributed by atoms with Gasteiger partial charge in [-0.05, 0) is 23.8 Å². The molecule has 12 nitrogen and oxygen atoms in total. The van der Waals surface area contributed by atoms with E-state index in [2.05, 4.69) is 0 Å². The zero-order valence-corrected chi connectivity index (χ0v) is 16.7. The lowest BCUT2D eigenvalue weighted by Crippen LogP contribution is -2.60. The van der Waals surface area contributed by atoms with Crippen molar-refractivity contribution in [3.8, 4) is 34.5 Å². The number of allylic oxidation sites excluding steroid dienone is 1. The SMILES string of the molecule is O=C1C(=Cc2cc(O)c(O)c(O)c2)Oc2cc(O)cc(OC3OC(CO)C(O)C(O)C3O)c21. The highest BCUT2D eigenvalue weighted by atomic mass is 16.7. The zero-order chi connectivity index (χ0) is 24.0. The molecule has 0 saturated carbocycles. The molecule has 1 fully saturated rings. The molecule has 12 heteroatoms. The maximum absolute atomic E-state index is 13.0. The number of ether oxygens (including phenoxy) is 3. The van der Waals surface area contributed by atoms with Crippen LogP contribution in [-0.4, -0.2) is 83.9 Å². The van der Waals surface area contributed by atoms with E-state index >= 15 is 0 Å². The van der Waals surface area contributed by atoms with Gasteiger partial charge in [0, 0.05) is 12.1 Å². The van der Waals surface area contributed by atoms with Gasteiger partial charge in [-0.1, -0.05) is 0 Å². The standard InChI is InChI=1S/C21H20O12/c22-6-14-18(28)19(29)20(30)21(33-14)32-12-5-8(23)4-11-15(12)17(27)13(31-11)3-7-1-9(24)16(26)10(25)2-7/h1-5,14,18-26,28-30H,6H2. The molecule has 4 rings (SSSR count). The molecule has 5 atom stereocenters. The molecule has 0 amide bonds. The molecule has 2 aromatic carbocycles. The van der Waals surface area contributed by atoms with E-state index in [0.29, 0.717) is 0 Å². The van der Waals surface area contributed by atoms with Crippen LogP contribution in [-0.2, 0) is 4.74 Å². The van der Waals surface area contributed by atoms with E-state index in [0.717, 1.165) is 30.3 Å². The molecule has 1 saturated heterocycles. The second kappa shape index (κ2) is 8.42. The summed E-state index contributed by atoms with van der Waals surface area (Å²) in [6.45, 7) is -0.690. The van der Waals surface area contributed by atoms with Gasteiger partial charge >= 0.3 is 0 Å². The van der Waals surface area contributed by atoms with Crippen molar-refractivity contribution < 1.29 is 59.9 Å². The van der Waals surface area contributed by atoms with Gasteiger partial charge < -0.3 is 55.1 Å². The third-order valence-electron chi connectivity index (χ3n) is 5.20. The molecular weight excluding hydrogens is 444 g/mol. The Hall–Kier alpha value is -3.55. The van der Waals surface area contributed by atoms with E-state index in [1.54, 1.807) is 0 Å². The van der Waals surface area contributed by atoms with Crippen LogP contribution in [0.2, 0.25) is 0 Å². The summed E-state index contributed by atoms with van der Waals surface area (Å²) in [5.74, 6) is -3.77. The van der Waals surface area contributed by atoms with Crippen molar-refractivity contribution in [2.24, 2.45) is 0 Å². The number of fused-ring (bicyclic) bond motifs is 1. The predicted molar refractivity (Wildman–Crippen MR) is 107 cm³/mol. The van der Waals surface area contributed by atoms with Gasteiger partial charge in [0.05, 0.1) is 6.61 Å². The van der Waals surface area contributed by atoms with Crippen molar-refractivity contribution in [2.75, 3.05) is 6.61 Å². The van der Waals surface area contributed by atoms with Gasteiger partial charge in [0.2, 0.25) is 12.1 Å². The van der Waals surface area contributed by atoms with Crippen molar-refractivity contribution in [1.82, 2.24) is 0 Å². The molecule has 2 aliphatic heterocycles. The quantitative estimate of drug-likeness (QED) is 0.209. The van der Waals surface area contributed by atoms with Crippen LogP contribution in [0.5, 0.6) is 34.5 Å². The molecule has 2 aliphatic rings. The number of aliphatic hydroxyl groups is 4. The lowest BCUT2D eigenvalue weighted by Gasteiger charge is -2.39. The van der Waals surface area contributed by atoms with Crippen LogP contribution < -0.4 is 9.47 Å². The molecule has 0 radical (unpaired) electrons. The molecule has 0 aliphatic carbocycles. The number of hydrogen-bond acceptors (Lipinski definition) is 12. The molecule has 33 heavy (non-hydrogen) atoms. The first kappa shape index (κ1) is 22.6. The normalized spacial score (nSPS) is 27.9. The van der Waals surface area contributed by atoms with E-state index in [-0.39, 0.29) is 34.1 Å². The van der Waals surface area contributed by atoms with Crippen molar-refractivity contribution in [1.29, 1.82) is 0 Å². The summed E-state index contributed by atoms with van der Waals surface area (Å²) in [5, 5.41) is 78.1. The highest BCUT2D eigenvalue weighted by Crippen LogP contribution is 2.43. The summed E-state index contributed by atoms with van der Waals surface area (Å²) in [6, 6.07) is 4.32. The van der Waals surface area contributed by atoms with Crippen LogP contribution in [0.25, 0.3) is 6.08 Å². The Labute approximate surface area is 185 Å². The van der Waals surface area contributed by atoms with E-state index in [9.17, 15) is 45.6 Å². The molecule has 0 aromatic heterocycles. The monoisotopic (exact) mass is 464 g/mol. The van der Waals surface area contributed by atoms with Crippen LogP contribution in [0, 0.1) is 0 Å². The topological polar surface area (TPSA) is 207 Å². The van der Waals surface area contributed by atoms with Gasteiger partial charge in [-0.25, -0.2) is 0 Å². The summed E-state index contributed by atoms with van der Waals surface area (Å²) in [6.07, 6.45) is -6.79. The molecule has 5 unspecified atom stereocenters. The van der Waals surface area contributed by atoms with E-state index in [1.165, 1.54) is 0 Å². The largest absolute Gasteiger partial charge is 0.508 e. The minimum Gasteiger partial charge on any atom is -0.508 e. The van der Waals surface area contributed by atoms with Crippen LogP contribution >= 0.6 is 0 Å². The Morgan fingerprint density at radius 3 is 2.24 bits per heavy atom. The van der Waals surface area contributed by atoms with E-state index in [1.807, 2.05) is 0 Å². The molecule has 0 spiro atoms. The first-order valence-corrected chi connectivity index (χ1v) is 9.64. The number of benzene rings is 2. The second-order valence-corrected chi connectivity index (χ2v) is 7.48. The number of phenols is 4. The average molecular weight is 464 g/mol. The number of rotatable bonds is 4. The molecule has 176 valence electrons. The molecular formula is C21H20O12. The van der Waals surface area contributed by atoms with E-state index < -0.39 is 60.3 Å². The second-order valence-electron chi connectivity index (χ2n) is 7.48. The average Bonchev–Trinajstić information content (AvgIpc) is 3.07. The lowest BCUT2D eigenvalue weighted by molar-refractivity contribution is -0.277. The third-order valence-corrected chi connectivity index (χ3v) is 5.20. The Balaban J connectivity index is 1.66. The molecule has 8 N–H and O–H groups in total. The van der Waals surface area contributed by atoms with Crippen molar-refractivity contribution >= 4 is 11.9 Å². The van der Waals surface area contributed by atoms with E-state index in [4.69, 9.17) is 14.2 Å². The lowest BCUT2D eigenvalue weighted by atomic mass is 9.99. The minimum absolute atomic E-state index is 0.111. The zero-order valence-electron chi connectivity index (χ0n) is 16.7. The minimum atomic E-state index is -1.75. The first-order chi connectivity index (χ1) is 15.6. The molecule has 0 bridgehead atoms. The Morgan fingerprint density at radius 2 is 1.61 bits per heavy atom. The summed E-state index contributed by atoms with van der Waals surface area (Å²) in [4.78, 5) is 13.0. The van der Waals surface area contributed by atoms with Gasteiger partial charge in [0.1, 0.15) is 47.2 Å². The predicted octanol–water partition coefficient (Wildman–Crippen LogP) is -0.696. The van der Waals surface area contributed by atoms with Crippen LogP contribution in [0.4, 0.5) is 0 Å². The van der Waals surface area contributed by atoms with Gasteiger partial charge in [0.25, 0.3) is 0 Å². The van der Waals surface area contributed by atoms with Crippen LogP contribution in [0.1, 0.15) is 15.9 Å². The van der Waals surface area contributed by atoms with Crippen LogP contribution in [0.15, 0.2) is 30.0 Å². The summed E-state index contributed by atoms with van der Waals surface area (Å²) >= 11 is 0. The number of ketones is 1. The third kappa shape index (κ3) is 4.01. The maximum Gasteiger partial charge on any atom is 0.235 e. The van der Waals surface area contributed by atoms with Crippen molar-refractivity contribution in [3.63, 3.8) is 0 Å². The van der Waals surface area contributed by atoms with Gasteiger partial charge in [-0.15, -0.1) is 0 Å². The number of hydrogen-bond donors (Lipinski definition) is 8. The molecule has 2 heterocycles. The number of phenolic OH excluding ortho intramolecular Hbond substituents is 4. The Morgan fingerprint density at radius 1 is 0.939 bits per heavy atom. The Kier molecular flexibility index (Phi) is 5.78. The van der Waals surface area contributed by atoms with Gasteiger partial charge in [-0.2, -0.15) is 0 Å². The maximum atomic E-state index is 13.0. The number of carbonyl (C=O) groups excluding carboxylic acids is 1. The summed E-state index contributed by atoms with van der Waals surface area (Å²) in [5.41, 5.74) is -0.0530. The number of aromatic hydroxyl groups is 4. The highest BCUT2D eigenvalue weighted by Gasteiger charge is 2.45. The Bertz CT molecular complexity index is 1100. The van der Waals surface area contributed by atoms with Gasteiger partial charge in [-0.3, -0.25) is 4.79 Å². The fraction of sp³-hybridized carbons (Fsp3) is 0.286. The van der Waals surface area contributed by atoms with Crippen molar-refractivity contribution in [2.45, 2.75) is 30.7 Å². The molecule has 2 aromatic rings. The van der Waals surface area contributed by atoms with Crippen LogP contribution in [0.3, 0.4) is 0 Å². The first-order valence-electron chi connectivity index (χ1n) is 9.64. The highest BCUT2D eigenvalue weighted by molar-refractivity contribution is 6.16. The number of carbonyl (C=O) groups is 1. The van der Waals surface area contributed by atoms with Crippen molar-refractivity contribution in [3.05, 3.63) is 41.2 Å². The van der Waals surface area contributed by atoms with Gasteiger partial charge in [0.15, 0.2) is 23.0 Å². The fourth-order valence-corrected chi connectivity index (χ4v) is 3.51. The fourth-order valence-electron chi connectivity index (χ4n) is 3.51. The number of Topliss-reactive ketones (excluding diaryl/α,β-unsaturated/α-hetero) is 1. The summed E-state index contributed by atoms with van der Waals surface area (Å²) < 4.78 is 16.2. The summed E-state index contributed by atoms with van der Waals surface area (Å²) in [7, 11) is 0. The smallest absolute Gasteiger partial charge is 0.235 e. The number of aliphatic hydroxyl groups excluding tert-OH is 4.